The molecule has 0 amide bonds. The molecule has 1 fully saturated rings. The van der Waals surface area contributed by atoms with Crippen molar-refractivity contribution in [3.05, 3.63) is 33.4 Å². The summed E-state index contributed by atoms with van der Waals surface area (Å²) in [6, 6.07) is 3.87. The highest BCUT2D eigenvalue weighted by Gasteiger charge is 2.30. The minimum Gasteiger partial charge on any atom is -0.478 e. The molecule has 0 aliphatic heterocycles. The summed E-state index contributed by atoms with van der Waals surface area (Å²) in [6.07, 6.45) is 3.46. The van der Waals surface area contributed by atoms with Crippen molar-refractivity contribution in [2.75, 3.05) is 0 Å². The monoisotopic (exact) mass is 324 g/mol. The molecule has 0 bridgehead atoms. The fraction of sp³-hybridized carbons (Fsp3) is 0.250. The quantitative estimate of drug-likeness (QED) is 0.937. The molecule has 4 nitrogen and oxygen atoms in total. The molecule has 0 spiro atoms. The van der Waals surface area contributed by atoms with Gasteiger partial charge in [0.2, 0.25) is 0 Å². The molecule has 0 saturated heterocycles. The lowest BCUT2D eigenvalue weighted by atomic mass is 10.1. The topological polar surface area (TPSA) is 63.1 Å². The third-order valence-corrected chi connectivity index (χ3v) is 4.43. The number of rotatable bonds is 3. The summed E-state index contributed by atoms with van der Waals surface area (Å²) in [7, 11) is 0. The van der Waals surface area contributed by atoms with Gasteiger partial charge in [0.25, 0.3) is 0 Å². The summed E-state index contributed by atoms with van der Waals surface area (Å²) in [5.41, 5.74) is 0.911. The molecule has 6 heteroatoms. The van der Waals surface area contributed by atoms with Crippen molar-refractivity contribution in [2.24, 2.45) is 0 Å². The summed E-state index contributed by atoms with van der Waals surface area (Å²) in [4.78, 5) is 20.7. The number of hydrogen-bond donors (Lipinski definition) is 1. The van der Waals surface area contributed by atoms with Crippen LogP contribution in [0.4, 0.5) is 0 Å². The van der Waals surface area contributed by atoms with E-state index in [1.54, 1.807) is 11.3 Å². The molecule has 0 aromatic carbocycles. The van der Waals surface area contributed by atoms with Crippen LogP contribution in [0.2, 0.25) is 0 Å². The maximum Gasteiger partial charge on any atom is 0.339 e. The second kappa shape index (κ2) is 4.44. The van der Waals surface area contributed by atoms with E-state index in [1.165, 1.54) is 6.20 Å². The number of aromatic nitrogens is 2. The minimum atomic E-state index is -0.948. The van der Waals surface area contributed by atoms with Gasteiger partial charge in [0, 0.05) is 12.1 Å². The van der Waals surface area contributed by atoms with Crippen molar-refractivity contribution < 1.29 is 9.90 Å². The maximum atomic E-state index is 11.1. The molecular weight excluding hydrogens is 316 g/mol. The Morgan fingerprint density at radius 1 is 1.44 bits per heavy atom. The smallest absolute Gasteiger partial charge is 0.339 e. The highest BCUT2D eigenvalue weighted by atomic mass is 79.9. The molecule has 0 radical (unpaired) electrons. The lowest BCUT2D eigenvalue weighted by Gasteiger charge is -2.04. The number of carbonyl (C=O) groups is 1. The molecule has 2 aromatic rings. The van der Waals surface area contributed by atoms with E-state index >= 15 is 0 Å². The number of aromatic carboxylic acids is 1. The van der Waals surface area contributed by atoms with Gasteiger partial charge in [-0.25, -0.2) is 14.8 Å². The van der Waals surface area contributed by atoms with Crippen LogP contribution < -0.4 is 0 Å². The molecule has 0 atom stereocenters. The van der Waals surface area contributed by atoms with Gasteiger partial charge in [-0.15, -0.1) is 11.3 Å². The van der Waals surface area contributed by atoms with Crippen LogP contribution in [0.15, 0.2) is 22.1 Å². The summed E-state index contributed by atoms with van der Waals surface area (Å²) in [5, 5.41) is 9.12. The van der Waals surface area contributed by atoms with Crippen molar-refractivity contribution >= 4 is 33.2 Å². The number of hydrogen-bond acceptors (Lipinski definition) is 4. The number of halogens is 1. The minimum absolute atomic E-state index is 0.233. The van der Waals surface area contributed by atoms with Gasteiger partial charge in [-0.1, -0.05) is 0 Å². The first-order valence-corrected chi connectivity index (χ1v) is 7.12. The van der Waals surface area contributed by atoms with E-state index in [9.17, 15) is 4.79 Å². The van der Waals surface area contributed by atoms with Crippen LogP contribution in [0.25, 0.3) is 10.7 Å². The Hall–Kier alpha value is -1.27. The van der Waals surface area contributed by atoms with E-state index in [0.29, 0.717) is 17.4 Å². The van der Waals surface area contributed by atoms with Crippen LogP contribution in [0, 0.1) is 0 Å². The van der Waals surface area contributed by atoms with Crippen molar-refractivity contribution in [1.29, 1.82) is 0 Å². The van der Waals surface area contributed by atoms with Gasteiger partial charge in [-0.3, -0.25) is 0 Å². The van der Waals surface area contributed by atoms with Crippen LogP contribution in [-0.4, -0.2) is 21.0 Å². The molecule has 1 aliphatic rings. The van der Waals surface area contributed by atoms with E-state index in [0.717, 1.165) is 21.5 Å². The number of nitrogens with zero attached hydrogens (tertiary/aromatic N) is 2. The van der Waals surface area contributed by atoms with Crippen LogP contribution in [-0.2, 0) is 0 Å². The van der Waals surface area contributed by atoms with Crippen molar-refractivity contribution in [3.63, 3.8) is 0 Å². The fourth-order valence-electron chi connectivity index (χ4n) is 1.78. The average Bonchev–Trinajstić information content (AvgIpc) is 3.11. The van der Waals surface area contributed by atoms with Gasteiger partial charge >= 0.3 is 5.97 Å². The predicted octanol–water partition coefficient (Wildman–Crippen LogP) is 3.54. The fourth-order valence-corrected chi connectivity index (χ4v) is 3.11. The molecule has 2 heterocycles. The maximum absolute atomic E-state index is 11.1. The number of carboxylic acid groups (broad SMARTS) is 1. The van der Waals surface area contributed by atoms with Crippen LogP contribution in [0.5, 0.6) is 0 Å². The molecule has 3 rings (SSSR count). The molecule has 0 unspecified atom stereocenters. The molecule has 1 N–H and O–H groups in total. The molecular formula is C12H9BrN2O2S. The van der Waals surface area contributed by atoms with E-state index in [4.69, 9.17) is 5.11 Å². The van der Waals surface area contributed by atoms with E-state index in [1.807, 2.05) is 12.1 Å². The second-order valence-corrected chi connectivity index (χ2v) is 6.64. The number of carboxylic acids is 1. The molecule has 1 aliphatic carbocycles. The largest absolute Gasteiger partial charge is 0.478 e. The van der Waals surface area contributed by atoms with E-state index < -0.39 is 5.97 Å². The van der Waals surface area contributed by atoms with Gasteiger partial charge in [0.15, 0.2) is 5.82 Å². The number of thiophene rings is 1. The van der Waals surface area contributed by atoms with E-state index in [2.05, 4.69) is 25.9 Å². The first-order chi connectivity index (χ1) is 8.65. The normalized spacial score (nSPS) is 14.7. The summed E-state index contributed by atoms with van der Waals surface area (Å²) < 4.78 is 1.01. The zero-order valence-electron chi connectivity index (χ0n) is 9.26. The Bertz CT molecular complexity index is 622. The summed E-state index contributed by atoms with van der Waals surface area (Å²) in [5.74, 6) is -0.0466. The molecule has 18 heavy (non-hydrogen) atoms. The van der Waals surface area contributed by atoms with Crippen LogP contribution in [0.3, 0.4) is 0 Å². The Balaban J connectivity index is 2.07. The first-order valence-electron chi connectivity index (χ1n) is 5.51. The van der Waals surface area contributed by atoms with Crippen LogP contribution in [0.1, 0.15) is 34.8 Å². The zero-order valence-corrected chi connectivity index (χ0v) is 11.7. The third kappa shape index (κ3) is 2.18. The van der Waals surface area contributed by atoms with Gasteiger partial charge in [-0.05, 0) is 40.9 Å². The van der Waals surface area contributed by atoms with Gasteiger partial charge in [0.05, 0.1) is 19.9 Å². The molecule has 92 valence electrons. The average molecular weight is 325 g/mol. The third-order valence-electron chi connectivity index (χ3n) is 2.81. The van der Waals surface area contributed by atoms with Gasteiger partial charge in [0.1, 0.15) is 0 Å². The summed E-state index contributed by atoms with van der Waals surface area (Å²) >= 11 is 4.94. The van der Waals surface area contributed by atoms with Crippen LogP contribution >= 0.6 is 27.3 Å². The van der Waals surface area contributed by atoms with Crippen molar-refractivity contribution in [3.8, 4) is 10.7 Å². The molecule has 1 saturated carbocycles. The van der Waals surface area contributed by atoms with E-state index in [-0.39, 0.29) is 5.56 Å². The summed E-state index contributed by atoms with van der Waals surface area (Å²) in [6.45, 7) is 0. The SMILES string of the molecule is O=C(O)c1cnc(-c2ccc(Br)s2)nc1C1CC1. The van der Waals surface area contributed by atoms with Gasteiger partial charge < -0.3 is 5.11 Å². The Morgan fingerprint density at radius 2 is 2.22 bits per heavy atom. The van der Waals surface area contributed by atoms with Gasteiger partial charge in [-0.2, -0.15) is 0 Å². The Labute approximate surface area is 116 Å². The van der Waals surface area contributed by atoms with Crippen molar-refractivity contribution in [2.45, 2.75) is 18.8 Å². The van der Waals surface area contributed by atoms with Crippen molar-refractivity contribution in [1.82, 2.24) is 9.97 Å². The molecule has 2 aromatic heterocycles. The second-order valence-electron chi connectivity index (χ2n) is 4.18. The highest BCUT2D eigenvalue weighted by Crippen LogP contribution is 2.41. The zero-order chi connectivity index (χ0) is 12.7. The predicted molar refractivity (Wildman–Crippen MR) is 72.0 cm³/mol. The standard InChI is InChI=1S/C12H9BrN2O2S/c13-9-4-3-8(18-9)11-14-5-7(12(16)17)10(15-11)6-1-2-6/h3-6H,1-2H2,(H,16,17). The Kier molecular flexibility index (Phi) is 2.91. The highest BCUT2D eigenvalue weighted by molar-refractivity contribution is 9.11. The Morgan fingerprint density at radius 3 is 2.78 bits per heavy atom. The lowest BCUT2D eigenvalue weighted by Crippen LogP contribution is -2.06. The first kappa shape index (κ1) is 11.8. The lowest BCUT2D eigenvalue weighted by molar-refractivity contribution is 0.0694.